The highest BCUT2D eigenvalue weighted by Crippen LogP contribution is 2.31. The Kier molecular flexibility index (Phi) is 6.91. The van der Waals surface area contributed by atoms with Gasteiger partial charge >= 0.3 is 5.97 Å². The molecule has 5 nitrogen and oxygen atoms in total. The molecule has 0 aliphatic rings. The minimum atomic E-state index is -0.470. The molecule has 0 fully saturated rings. The molecular weight excluding hydrogens is 438 g/mol. The Bertz CT molecular complexity index is 1300. The largest absolute Gasteiger partial charge is 0.482 e. The van der Waals surface area contributed by atoms with Crippen LogP contribution in [0.2, 0.25) is 5.02 Å². The van der Waals surface area contributed by atoms with E-state index in [4.69, 9.17) is 21.1 Å². The first-order chi connectivity index (χ1) is 16.0. The molecule has 0 atom stereocenters. The van der Waals surface area contributed by atoms with Crippen LogP contribution in [0.15, 0.2) is 84.9 Å². The van der Waals surface area contributed by atoms with Gasteiger partial charge in [0.15, 0.2) is 6.61 Å². The van der Waals surface area contributed by atoms with Crippen molar-refractivity contribution >= 4 is 39.9 Å². The standard InChI is InChI=1S/C27H22ClNO4/c1-2-32-26(30)17-33-21-12-13-24(28)25(16-21)29-27(31)23-15-20(18-8-4-3-5-9-18)14-19-10-6-7-11-22(19)23/h3-16H,2,17H2,1H3,(H,29,31). The van der Waals surface area contributed by atoms with Crippen LogP contribution in [0.25, 0.3) is 21.9 Å². The first-order valence-electron chi connectivity index (χ1n) is 10.5. The number of fused-ring (bicyclic) bond motifs is 1. The molecule has 6 heteroatoms. The molecule has 0 radical (unpaired) electrons. The maximum atomic E-state index is 13.3. The van der Waals surface area contributed by atoms with Crippen LogP contribution in [0.4, 0.5) is 5.69 Å². The van der Waals surface area contributed by atoms with Gasteiger partial charge in [-0.2, -0.15) is 0 Å². The van der Waals surface area contributed by atoms with Crippen molar-refractivity contribution in [2.24, 2.45) is 0 Å². The molecule has 0 aliphatic carbocycles. The molecule has 0 saturated heterocycles. The molecule has 4 aromatic rings. The maximum absolute atomic E-state index is 13.3. The molecule has 0 aromatic heterocycles. The second kappa shape index (κ2) is 10.2. The number of rotatable bonds is 7. The fourth-order valence-corrected chi connectivity index (χ4v) is 3.69. The highest BCUT2D eigenvalue weighted by atomic mass is 35.5. The van der Waals surface area contributed by atoms with Crippen molar-refractivity contribution in [2.45, 2.75) is 6.92 Å². The molecule has 166 valence electrons. The Balaban J connectivity index is 1.64. The number of carbonyl (C=O) groups is 2. The maximum Gasteiger partial charge on any atom is 0.344 e. The lowest BCUT2D eigenvalue weighted by Crippen LogP contribution is -2.15. The molecule has 1 N–H and O–H groups in total. The van der Waals surface area contributed by atoms with Crippen LogP contribution >= 0.6 is 11.6 Å². The number of carbonyl (C=O) groups excluding carboxylic acids is 2. The number of esters is 1. The lowest BCUT2D eigenvalue weighted by atomic mass is 9.96. The summed E-state index contributed by atoms with van der Waals surface area (Å²) in [4.78, 5) is 24.9. The van der Waals surface area contributed by atoms with E-state index >= 15 is 0 Å². The lowest BCUT2D eigenvalue weighted by Gasteiger charge is -2.13. The molecule has 33 heavy (non-hydrogen) atoms. The summed E-state index contributed by atoms with van der Waals surface area (Å²) in [6.07, 6.45) is 0. The van der Waals surface area contributed by atoms with E-state index < -0.39 is 5.97 Å². The third-order valence-corrected chi connectivity index (χ3v) is 5.39. The van der Waals surface area contributed by atoms with Gasteiger partial charge in [0.05, 0.1) is 17.3 Å². The van der Waals surface area contributed by atoms with Crippen molar-refractivity contribution in [3.05, 3.63) is 95.5 Å². The van der Waals surface area contributed by atoms with Crippen molar-refractivity contribution in [3.63, 3.8) is 0 Å². The van der Waals surface area contributed by atoms with Crippen LogP contribution in [0.1, 0.15) is 17.3 Å². The van der Waals surface area contributed by atoms with Gasteiger partial charge in [-0.25, -0.2) is 4.79 Å². The molecule has 0 spiro atoms. The predicted molar refractivity (Wildman–Crippen MR) is 131 cm³/mol. The van der Waals surface area contributed by atoms with Crippen LogP contribution < -0.4 is 10.1 Å². The summed E-state index contributed by atoms with van der Waals surface area (Å²) in [7, 11) is 0. The van der Waals surface area contributed by atoms with Crippen LogP contribution in [0.5, 0.6) is 5.75 Å². The van der Waals surface area contributed by atoms with Crippen molar-refractivity contribution in [1.29, 1.82) is 0 Å². The van der Waals surface area contributed by atoms with Gasteiger partial charge in [-0.15, -0.1) is 0 Å². The molecule has 1 amide bonds. The summed E-state index contributed by atoms with van der Waals surface area (Å²) in [6, 6.07) is 26.4. The van der Waals surface area contributed by atoms with Gasteiger partial charge in [-0.1, -0.05) is 66.2 Å². The second-order valence-electron chi connectivity index (χ2n) is 7.30. The first kappa shape index (κ1) is 22.4. The van der Waals surface area contributed by atoms with Crippen LogP contribution in [0, 0.1) is 0 Å². The van der Waals surface area contributed by atoms with E-state index in [2.05, 4.69) is 11.4 Å². The van der Waals surface area contributed by atoms with Crippen LogP contribution in [-0.4, -0.2) is 25.1 Å². The summed E-state index contributed by atoms with van der Waals surface area (Å²) < 4.78 is 10.3. The van der Waals surface area contributed by atoms with E-state index in [1.807, 2.05) is 60.7 Å². The number of amides is 1. The molecule has 0 aliphatic heterocycles. The molecule has 0 saturated carbocycles. The fraction of sp³-hybridized carbons (Fsp3) is 0.111. The zero-order valence-electron chi connectivity index (χ0n) is 18.0. The number of ether oxygens (including phenoxy) is 2. The van der Waals surface area contributed by atoms with Gasteiger partial charge in [-0.05, 0) is 53.1 Å². The van der Waals surface area contributed by atoms with E-state index in [0.29, 0.717) is 22.0 Å². The molecule has 4 rings (SSSR count). The number of halogens is 1. The van der Waals surface area contributed by atoms with Gasteiger partial charge in [0.1, 0.15) is 5.75 Å². The Morgan fingerprint density at radius 2 is 1.64 bits per heavy atom. The molecule has 0 heterocycles. The number of hydrogen-bond acceptors (Lipinski definition) is 4. The zero-order chi connectivity index (χ0) is 23.2. The van der Waals surface area contributed by atoms with Gasteiger partial charge in [0.25, 0.3) is 5.91 Å². The van der Waals surface area contributed by atoms with E-state index in [0.717, 1.165) is 21.9 Å². The molecular formula is C27H22ClNO4. The predicted octanol–water partition coefficient (Wildman–Crippen LogP) is 6.35. The Hall–Kier alpha value is -3.83. The lowest BCUT2D eigenvalue weighted by molar-refractivity contribution is -0.145. The van der Waals surface area contributed by atoms with Gasteiger partial charge in [0.2, 0.25) is 0 Å². The minimum absolute atomic E-state index is 0.230. The van der Waals surface area contributed by atoms with E-state index in [-0.39, 0.29) is 19.1 Å². The summed E-state index contributed by atoms with van der Waals surface area (Å²) in [6.45, 7) is 1.77. The van der Waals surface area contributed by atoms with E-state index in [9.17, 15) is 9.59 Å². The summed E-state index contributed by atoms with van der Waals surface area (Å²) in [5.41, 5.74) is 2.87. The Morgan fingerprint density at radius 1 is 0.879 bits per heavy atom. The van der Waals surface area contributed by atoms with Gasteiger partial charge in [-0.3, -0.25) is 4.79 Å². The summed E-state index contributed by atoms with van der Waals surface area (Å²) in [5.74, 6) is -0.374. The average Bonchev–Trinajstić information content (AvgIpc) is 2.84. The normalized spacial score (nSPS) is 10.6. The zero-order valence-corrected chi connectivity index (χ0v) is 18.8. The fourth-order valence-electron chi connectivity index (χ4n) is 3.52. The Labute approximate surface area is 196 Å². The number of nitrogens with one attached hydrogen (secondary N) is 1. The highest BCUT2D eigenvalue weighted by Gasteiger charge is 2.15. The van der Waals surface area contributed by atoms with Crippen molar-refractivity contribution in [2.75, 3.05) is 18.5 Å². The SMILES string of the molecule is CCOC(=O)COc1ccc(Cl)c(NC(=O)c2cc(-c3ccccc3)cc3ccccc23)c1. The van der Waals surface area contributed by atoms with Gasteiger partial charge in [0, 0.05) is 11.6 Å². The third kappa shape index (κ3) is 5.33. The van der Waals surface area contributed by atoms with Crippen molar-refractivity contribution in [1.82, 2.24) is 0 Å². The molecule has 0 bridgehead atoms. The minimum Gasteiger partial charge on any atom is -0.482 e. The second-order valence-corrected chi connectivity index (χ2v) is 7.71. The topological polar surface area (TPSA) is 64.6 Å². The van der Waals surface area contributed by atoms with Crippen molar-refractivity contribution < 1.29 is 19.1 Å². The van der Waals surface area contributed by atoms with Crippen LogP contribution in [-0.2, 0) is 9.53 Å². The Morgan fingerprint density at radius 3 is 2.42 bits per heavy atom. The first-order valence-corrected chi connectivity index (χ1v) is 10.9. The van der Waals surface area contributed by atoms with Crippen LogP contribution in [0.3, 0.4) is 0 Å². The van der Waals surface area contributed by atoms with E-state index in [1.54, 1.807) is 25.1 Å². The monoisotopic (exact) mass is 459 g/mol. The number of anilines is 1. The van der Waals surface area contributed by atoms with E-state index in [1.165, 1.54) is 0 Å². The summed E-state index contributed by atoms with van der Waals surface area (Å²) in [5, 5.41) is 5.03. The highest BCUT2D eigenvalue weighted by molar-refractivity contribution is 6.34. The van der Waals surface area contributed by atoms with Crippen molar-refractivity contribution in [3.8, 4) is 16.9 Å². The molecule has 0 unspecified atom stereocenters. The number of hydrogen-bond donors (Lipinski definition) is 1. The van der Waals surface area contributed by atoms with Gasteiger partial charge < -0.3 is 14.8 Å². The molecule has 4 aromatic carbocycles. The average molecular weight is 460 g/mol. The quantitative estimate of drug-likeness (QED) is 0.327. The third-order valence-electron chi connectivity index (χ3n) is 5.06. The summed E-state index contributed by atoms with van der Waals surface area (Å²) >= 11 is 6.32. The smallest absolute Gasteiger partial charge is 0.344 e. The number of benzene rings is 4.